The van der Waals surface area contributed by atoms with Crippen LogP contribution in [0, 0.1) is 0 Å². The van der Waals surface area contributed by atoms with E-state index >= 15 is 0 Å². The van der Waals surface area contributed by atoms with Crippen LogP contribution in [0.15, 0.2) is 95.1 Å². The van der Waals surface area contributed by atoms with Gasteiger partial charge < -0.3 is 54.4 Å². The summed E-state index contributed by atoms with van der Waals surface area (Å²) in [5.41, 5.74) is 16.2. The number of halogens is 2. The fraction of sp³-hybridized carbons (Fsp3) is 0.462. The molecule has 0 spiro atoms. The van der Waals surface area contributed by atoms with Crippen LogP contribution < -0.4 is 40.8 Å². The largest absolute Gasteiger partial charge is 0.492 e. The number of hydrogen-bond acceptors (Lipinski definition) is 15. The fourth-order valence-electron chi connectivity index (χ4n) is 6.42. The van der Waals surface area contributed by atoms with Crippen molar-refractivity contribution in [2.24, 2.45) is 15.9 Å². The van der Waals surface area contributed by atoms with Crippen molar-refractivity contribution in [2.45, 2.75) is 70.5 Å². The Kier molecular flexibility index (Phi) is 28.0. The molecule has 0 aromatic heterocycles. The molecule has 17 nitrogen and oxygen atoms in total. The van der Waals surface area contributed by atoms with Crippen molar-refractivity contribution >= 4 is 46.4 Å². The van der Waals surface area contributed by atoms with Gasteiger partial charge in [-0.05, 0) is 129 Å². The Balaban J connectivity index is 0.000000248. The quantitative estimate of drug-likeness (QED) is 0.0318. The second kappa shape index (κ2) is 34.1. The van der Waals surface area contributed by atoms with E-state index in [0.29, 0.717) is 99.4 Å². The summed E-state index contributed by atoms with van der Waals surface area (Å²) in [7, 11) is 3.40. The van der Waals surface area contributed by atoms with E-state index in [2.05, 4.69) is 38.5 Å². The number of carbonyl (C=O) groups is 2. The van der Waals surface area contributed by atoms with Gasteiger partial charge in [0.1, 0.15) is 48.4 Å². The van der Waals surface area contributed by atoms with Gasteiger partial charge in [-0.2, -0.15) is 10.2 Å². The third kappa shape index (κ3) is 23.6. The Hall–Kier alpha value is -5.34. The zero-order valence-electron chi connectivity index (χ0n) is 41.0. The van der Waals surface area contributed by atoms with Gasteiger partial charge >= 0.3 is 0 Å². The molecule has 1 unspecified atom stereocenters. The molecule has 19 heteroatoms. The van der Waals surface area contributed by atoms with Gasteiger partial charge in [0.2, 0.25) is 11.8 Å². The van der Waals surface area contributed by atoms with Gasteiger partial charge in [-0.1, -0.05) is 47.5 Å². The highest BCUT2D eigenvalue weighted by Crippen LogP contribution is 2.28. The average molecular weight is 1030 g/mol. The molecule has 7 rings (SSSR count). The van der Waals surface area contributed by atoms with Gasteiger partial charge in [0.15, 0.2) is 0 Å². The van der Waals surface area contributed by atoms with Crippen molar-refractivity contribution in [2.75, 3.05) is 86.7 Å². The summed E-state index contributed by atoms with van der Waals surface area (Å²) in [5.74, 6) is 2.75. The summed E-state index contributed by atoms with van der Waals surface area (Å²) >= 11 is 12.5. The molecule has 7 N–H and O–H groups in total. The minimum absolute atomic E-state index is 0.0587. The highest BCUT2D eigenvalue weighted by molar-refractivity contribution is 6.33. The van der Waals surface area contributed by atoms with Crippen LogP contribution in [0.25, 0.3) is 0 Å². The van der Waals surface area contributed by atoms with Crippen LogP contribution in [0.4, 0.5) is 0 Å². The van der Waals surface area contributed by atoms with Gasteiger partial charge in [0, 0.05) is 53.1 Å². The molecular formula is C52H70Cl2N6O11. The van der Waals surface area contributed by atoms with Crippen molar-refractivity contribution in [1.82, 2.24) is 16.2 Å². The minimum atomic E-state index is -0.608. The number of hydrogen-bond donors (Lipinski definition) is 6. The molecule has 0 bridgehead atoms. The van der Waals surface area contributed by atoms with Gasteiger partial charge in [0.25, 0.3) is 0 Å². The first-order valence-corrected chi connectivity index (χ1v) is 24.6. The molecule has 0 radical (unpaired) electrons. The molecule has 1 fully saturated rings. The average Bonchev–Trinajstić information content (AvgIpc) is 4.22. The Bertz CT molecular complexity index is 2230. The number of methoxy groups -OCH3 is 2. The number of carbonyl (C=O) groups excluding carboxylic acids is 2. The second-order valence-corrected chi connectivity index (χ2v) is 17.0. The van der Waals surface area contributed by atoms with E-state index < -0.39 is 6.10 Å². The zero-order valence-corrected chi connectivity index (χ0v) is 42.5. The number of nitrogens with zero attached hydrogens (tertiary/aromatic N) is 2. The monoisotopic (exact) mass is 1020 g/mol. The van der Waals surface area contributed by atoms with Crippen LogP contribution in [0.1, 0.15) is 67.7 Å². The Morgan fingerprint density at radius 3 is 1.62 bits per heavy atom. The lowest BCUT2D eigenvalue weighted by molar-refractivity contribution is -0.122. The first-order chi connectivity index (χ1) is 34.5. The van der Waals surface area contributed by atoms with E-state index in [1.165, 1.54) is 11.1 Å². The predicted octanol–water partition coefficient (Wildman–Crippen LogP) is 6.27. The molecule has 0 aliphatic carbocycles. The Morgan fingerprint density at radius 1 is 0.718 bits per heavy atom. The van der Waals surface area contributed by atoms with Crippen molar-refractivity contribution in [3.05, 3.63) is 117 Å². The first-order valence-electron chi connectivity index (χ1n) is 23.8. The molecule has 71 heavy (non-hydrogen) atoms. The SMILES string of the molecule is CCO.COCCc1ccc(OCC2CO2)cc1.COCCc1ccc(OC[C@@H](O)CNCCCOc2ccc(C3=NNC(=O)CC3)cc2Cl)cc1.NCCCOc1ccc(C2=NNC(=O)CC2)cc1Cl. The van der Waals surface area contributed by atoms with Crippen molar-refractivity contribution in [3.63, 3.8) is 0 Å². The Labute approximate surface area is 427 Å². The number of ether oxygens (including phenoxy) is 7. The molecular weight excluding hydrogens is 956 g/mol. The Morgan fingerprint density at radius 2 is 1.20 bits per heavy atom. The molecule has 0 saturated carbocycles. The number of rotatable bonds is 25. The van der Waals surface area contributed by atoms with Crippen LogP contribution in [0.3, 0.4) is 0 Å². The fourth-order valence-corrected chi connectivity index (χ4v) is 6.89. The van der Waals surface area contributed by atoms with Crippen molar-refractivity contribution in [1.29, 1.82) is 0 Å². The van der Waals surface area contributed by atoms with Crippen LogP contribution in [0.2, 0.25) is 10.0 Å². The summed E-state index contributed by atoms with van der Waals surface area (Å²) in [6.07, 6.45) is 5.15. The lowest BCUT2D eigenvalue weighted by Gasteiger charge is -2.15. The number of benzene rings is 4. The van der Waals surface area contributed by atoms with E-state index in [4.69, 9.17) is 67.2 Å². The van der Waals surface area contributed by atoms with Crippen LogP contribution in [-0.4, -0.2) is 132 Å². The highest BCUT2D eigenvalue weighted by atomic mass is 35.5. The lowest BCUT2D eigenvalue weighted by atomic mass is 10.0. The normalized spacial score (nSPS) is 15.1. The first kappa shape index (κ1) is 58.2. The van der Waals surface area contributed by atoms with E-state index in [9.17, 15) is 14.7 Å². The summed E-state index contributed by atoms with van der Waals surface area (Å²) in [4.78, 5) is 22.3. The van der Waals surface area contributed by atoms with E-state index in [0.717, 1.165) is 72.9 Å². The number of aliphatic hydroxyl groups is 2. The number of aliphatic hydroxyl groups excluding tert-OH is 2. The predicted molar refractivity (Wildman–Crippen MR) is 276 cm³/mol. The molecule has 2 amide bonds. The molecule has 388 valence electrons. The van der Waals surface area contributed by atoms with Crippen molar-refractivity contribution < 1.29 is 53.0 Å². The maximum Gasteiger partial charge on any atom is 0.240 e. The molecule has 2 atom stereocenters. The molecule has 3 aliphatic heterocycles. The number of epoxide rings is 1. The van der Waals surface area contributed by atoms with Crippen molar-refractivity contribution in [3.8, 4) is 23.0 Å². The summed E-state index contributed by atoms with van der Waals surface area (Å²) in [6, 6.07) is 26.9. The molecule has 3 heterocycles. The molecule has 4 aromatic rings. The summed E-state index contributed by atoms with van der Waals surface area (Å²) in [6.45, 7) is 7.85. The maximum atomic E-state index is 11.2. The minimum Gasteiger partial charge on any atom is -0.492 e. The van der Waals surface area contributed by atoms with Gasteiger partial charge in [-0.3, -0.25) is 9.59 Å². The number of hydrazone groups is 2. The standard InChI is InChI=1S/C25H32ClN3O5.C13H16ClN3O2.C12H16O3.C2H6O/c1-32-14-11-18-3-6-21(7-4-18)34-17-20(30)16-27-12-2-13-33-24-9-5-19(15-22(24)26)23-8-10-25(31)29-28-23;14-10-8-9(11-3-5-13(18)17-16-11)2-4-12(10)19-7-1-6-15;1-13-7-6-10-2-4-11(5-3-10)14-8-12-9-15-12;1-2-3/h3-7,9,15,20,27,30H,2,8,10-14,16-17H2,1H3,(H,29,31);2,4,8H,1,3,5-7,15H2,(H,17,18);2-5,12H,6-9H2,1H3;3H,2H2,1H3/t20-;;;/m0.../s1. The number of nitrogens with one attached hydrogen (secondary N) is 3. The zero-order chi connectivity index (χ0) is 51.1. The molecule has 4 aromatic carbocycles. The summed E-state index contributed by atoms with van der Waals surface area (Å²) < 4.78 is 37.6. The lowest BCUT2D eigenvalue weighted by Crippen LogP contribution is -2.32. The third-order valence-electron chi connectivity index (χ3n) is 10.4. The van der Waals surface area contributed by atoms with E-state index in [1.54, 1.807) is 33.3 Å². The smallest absolute Gasteiger partial charge is 0.240 e. The van der Waals surface area contributed by atoms with Gasteiger partial charge in [0.05, 0.1) is 54.5 Å². The number of amides is 2. The molecule has 3 aliphatic rings. The summed E-state index contributed by atoms with van der Waals surface area (Å²) in [5, 5.41) is 30.0. The van der Waals surface area contributed by atoms with E-state index in [1.807, 2.05) is 60.7 Å². The second-order valence-electron chi connectivity index (χ2n) is 16.2. The molecule has 1 saturated heterocycles. The van der Waals surface area contributed by atoms with Crippen LogP contribution in [-0.2, 0) is 36.6 Å². The van der Waals surface area contributed by atoms with Gasteiger partial charge in [-0.15, -0.1) is 0 Å². The number of nitrogens with two attached hydrogens (primary N) is 1. The van der Waals surface area contributed by atoms with Crippen LogP contribution >= 0.6 is 23.2 Å². The van der Waals surface area contributed by atoms with Gasteiger partial charge in [-0.25, -0.2) is 10.9 Å². The maximum absolute atomic E-state index is 11.2. The van der Waals surface area contributed by atoms with Crippen LogP contribution in [0.5, 0.6) is 23.0 Å². The topological polar surface area (TPSA) is 229 Å². The van der Waals surface area contributed by atoms with E-state index in [-0.39, 0.29) is 25.0 Å². The third-order valence-corrected chi connectivity index (χ3v) is 11.0. The highest BCUT2D eigenvalue weighted by Gasteiger charge is 2.23.